The lowest BCUT2D eigenvalue weighted by Gasteiger charge is -2.23. The molecule has 0 bridgehead atoms. The van der Waals surface area contributed by atoms with E-state index in [0.717, 1.165) is 0 Å². The highest BCUT2D eigenvalue weighted by atomic mass is 19.4. The van der Waals surface area contributed by atoms with Crippen molar-refractivity contribution in [3.05, 3.63) is 46.3 Å². The highest BCUT2D eigenvalue weighted by molar-refractivity contribution is 5.92. The molecule has 0 spiro atoms. The summed E-state index contributed by atoms with van der Waals surface area (Å²) in [5, 5.41) is 21.4. The zero-order valence-electron chi connectivity index (χ0n) is 21.4. The number of carboxylic acids is 1. The number of amides is 4. The highest BCUT2D eigenvalue weighted by Crippen LogP contribution is 2.14. The fraction of sp³-hybridized carbons (Fsp3) is 0.522. The minimum atomic E-state index is -5.03. The second-order valence-corrected chi connectivity index (χ2v) is 8.36. The maximum Gasteiger partial charge on any atom is 0.471 e. The smallest absolute Gasteiger partial charge is 0.471 e. The Morgan fingerprint density at radius 3 is 2.27 bits per heavy atom. The van der Waals surface area contributed by atoms with Crippen molar-refractivity contribution in [2.24, 2.45) is 5.11 Å². The van der Waals surface area contributed by atoms with E-state index in [1.807, 2.05) is 0 Å². The molecule has 0 saturated heterocycles. The molecule has 0 fully saturated rings. The van der Waals surface area contributed by atoms with Crippen LogP contribution in [0.1, 0.15) is 31.7 Å². The van der Waals surface area contributed by atoms with Gasteiger partial charge in [0.15, 0.2) is 0 Å². The van der Waals surface area contributed by atoms with Crippen molar-refractivity contribution in [1.82, 2.24) is 21.3 Å². The van der Waals surface area contributed by atoms with Crippen molar-refractivity contribution < 1.29 is 47.0 Å². The summed E-state index contributed by atoms with van der Waals surface area (Å²) in [5.41, 5.74) is 8.84. The first-order chi connectivity index (χ1) is 18.8. The quantitative estimate of drug-likeness (QED) is 0.0851. The van der Waals surface area contributed by atoms with E-state index in [1.165, 1.54) is 6.92 Å². The number of benzene rings is 1. The number of hydrogen-bond acceptors (Lipinski definition) is 7. The number of aliphatic carboxylic acids is 1. The number of nitrogens with zero attached hydrogens (tertiary/aromatic N) is 3. The van der Waals surface area contributed by atoms with Crippen molar-refractivity contribution in [1.29, 1.82) is 0 Å². The lowest BCUT2D eigenvalue weighted by molar-refractivity contribution is -0.173. The predicted octanol–water partition coefficient (Wildman–Crippen LogP) is 1.56. The third-order valence-corrected chi connectivity index (χ3v) is 5.21. The number of halogens is 3. The van der Waals surface area contributed by atoms with Crippen LogP contribution in [-0.2, 0) is 30.3 Å². The predicted molar refractivity (Wildman–Crippen MR) is 133 cm³/mol. The van der Waals surface area contributed by atoms with E-state index in [0.29, 0.717) is 5.56 Å². The van der Waals surface area contributed by atoms with Crippen LogP contribution >= 0.6 is 0 Å². The fourth-order valence-electron chi connectivity index (χ4n) is 3.17. The standard InChI is InChI=1S/C23H30F3N7O7/c1-14(30-22(39)40-12-11-29-33-27)18(34)32-17(13-15-7-3-2-4-8-15)19(35)31-16(20(36)37)9-5-6-10-28-21(38)23(24,25)26/h2-4,7-8,14,16-17H,5-6,9-13H2,1H3,(H,28,38)(H,30,39)(H,31,35)(H,32,34)(H,36,37)/t14-,16+,17+/m1/s1. The first-order valence-corrected chi connectivity index (χ1v) is 12.0. The number of alkyl carbamates (subject to hydrolysis) is 1. The molecule has 220 valence electrons. The number of ether oxygens (including phenoxy) is 1. The van der Waals surface area contributed by atoms with Gasteiger partial charge in [0.1, 0.15) is 18.1 Å². The van der Waals surface area contributed by atoms with E-state index in [-0.39, 0.29) is 45.4 Å². The average Bonchev–Trinajstić information content (AvgIpc) is 2.89. The molecule has 0 aliphatic carbocycles. The van der Waals surface area contributed by atoms with Gasteiger partial charge in [-0.25, -0.2) is 9.59 Å². The molecule has 0 aromatic heterocycles. The van der Waals surface area contributed by atoms with E-state index in [4.69, 9.17) is 10.3 Å². The van der Waals surface area contributed by atoms with E-state index >= 15 is 0 Å². The molecule has 17 heteroatoms. The van der Waals surface area contributed by atoms with Crippen LogP contribution in [0.4, 0.5) is 18.0 Å². The molecule has 1 aromatic rings. The summed E-state index contributed by atoms with van der Waals surface area (Å²) >= 11 is 0. The molecule has 0 aliphatic heterocycles. The fourth-order valence-corrected chi connectivity index (χ4v) is 3.17. The molecule has 14 nitrogen and oxygen atoms in total. The summed E-state index contributed by atoms with van der Waals surface area (Å²) in [6.07, 6.45) is -6.11. The normalized spacial score (nSPS) is 13.0. The van der Waals surface area contributed by atoms with Crippen LogP contribution in [-0.4, -0.2) is 78.9 Å². The zero-order chi connectivity index (χ0) is 30.1. The molecule has 5 N–H and O–H groups in total. The van der Waals surface area contributed by atoms with Crippen LogP contribution in [0.3, 0.4) is 0 Å². The molecular formula is C23H30F3N7O7. The van der Waals surface area contributed by atoms with Gasteiger partial charge < -0.3 is 31.1 Å². The van der Waals surface area contributed by atoms with Crippen LogP contribution in [0.5, 0.6) is 0 Å². The largest absolute Gasteiger partial charge is 0.480 e. The van der Waals surface area contributed by atoms with Crippen molar-refractivity contribution >= 4 is 29.8 Å². The van der Waals surface area contributed by atoms with Gasteiger partial charge in [0.25, 0.3) is 0 Å². The first kappa shape index (κ1) is 33.5. The molecule has 0 heterocycles. The molecule has 0 saturated carbocycles. The van der Waals surface area contributed by atoms with Crippen LogP contribution in [0.25, 0.3) is 10.4 Å². The molecule has 3 atom stereocenters. The Hall–Kier alpha value is -4.53. The minimum Gasteiger partial charge on any atom is -0.480 e. The van der Waals surface area contributed by atoms with Gasteiger partial charge in [0.05, 0.1) is 13.2 Å². The van der Waals surface area contributed by atoms with Crippen molar-refractivity contribution in [2.75, 3.05) is 19.7 Å². The Labute approximate surface area is 226 Å². The van der Waals surface area contributed by atoms with E-state index in [2.05, 4.69) is 26.0 Å². The Balaban J connectivity index is 2.78. The van der Waals surface area contributed by atoms with Crippen molar-refractivity contribution in [2.45, 2.75) is 56.9 Å². The van der Waals surface area contributed by atoms with Crippen LogP contribution < -0.4 is 21.3 Å². The number of alkyl halides is 3. The number of rotatable bonds is 16. The monoisotopic (exact) mass is 573 g/mol. The van der Waals surface area contributed by atoms with E-state index in [9.17, 15) is 42.3 Å². The van der Waals surface area contributed by atoms with Crippen LogP contribution in [0.2, 0.25) is 0 Å². The third-order valence-electron chi connectivity index (χ3n) is 5.21. The first-order valence-electron chi connectivity index (χ1n) is 12.0. The zero-order valence-corrected chi connectivity index (χ0v) is 21.4. The summed E-state index contributed by atoms with van der Waals surface area (Å²) in [7, 11) is 0. The Bertz CT molecular complexity index is 1070. The average molecular weight is 574 g/mol. The Morgan fingerprint density at radius 2 is 1.68 bits per heavy atom. The Kier molecular flexibility index (Phi) is 14.4. The third kappa shape index (κ3) is 13.3. The summed E-state index contributed by atoms with van der Waals surface area (Å²) in [5.74, 6) is -5.15. The number of nitrogens with one attached hydrogen (secondary N) is 4. The topological polar surface area (TPSA) is 212 Å². The molecule has 1 rings (SSSR count). The summed E-state index contributed by atoms with van der Waals surface area (Å²) in [4.78, 5) is 62.5. The molecule has 4 amide bonds. The summed E-state index contributed by atoms with van der Waals surface area (Å²) < 4.78 is 41.5. The number of carboxylic acid groups (broad SMARTS) is 1. The van der Waals surface area contributed by atoms with Gasteiger partial charge in [-0.1, -0.05) is 35.4 Å². The van der Waals surface area contributed by atoms with Gasteiger partial charge in [-0.05, 0) is 37.3 Å². The molecule has 0 aliphatic rings. The SMILES string of the molecule is C[C@@H](NC(=O)OCCN=[N+]=[N-])C(=O)N[C@@H](Cc1ccccc1)C(=O)N[C@@H](CCCCNC(=O)C(F)(F)F)C(=O)O. The van der Waals surface area contributed by atoms with Crippen LogP contribution in [0, 0.1) is 0 Å². The maximum absolute atomic E-state index is 13.0. The molecule has 40 heavy (non-hydrogen) atoms. The van der Waals surface area contributed by atoms with Gasteiger partial charge in [0, 0.05) is 17.9 Å². The second kappa shape index (κ2) is 17.1. The van der Waals surface area contributed by atoms with Gasteiger partial charge >= 0.3 is 24.1 Å². The number of carbonyl (C=O) groups is 5. The second-order valence-electron chi connectivity index (χ2n) is 8.36. The number of hydrogen-bond donors (Lipinski definition) is 5. The highest BCUT2D eigenvalue weighted by Gasteiger charge is 2.38. The van der Waals surface area contributed by atoms with Gasteiger partial charge in [-0.2, -0.15) is 13.2 Å². The minimum absolute atomic E-state index is 0.0216. The molecular weight excluding hydrogens is 543 g/mol. The van der Waals surface area contributed by atoms with Gasteiger partial charge in [-0.15, -0.1) is 0 Å². The lowest BCUT2D eigenvalue weighted by Crippen LogP contribution is -2.55. The molecule has 1 aromatic carbocycles. The van der Waals surface area contributed by atoms with Gasteiger partial charge in [0.2, 0.25) is 11.8 Å². The van der Waals surface area contributed by atoms with Crippen LogP contribution in [0.15, 0.2) is 35.4 Å². The van der Waals surface area contributed by atoms with E-state index < -0.39 is 54.1 Å². The number of unbranched alkanes of at least 4 members (excludes halogenated alkanes) is 1. The molecule has 0 unspecified atom stereocenters. The summed E-state index contributed by atoms with van der Waals surface area (Å²) in [6, 6.07) is 4.63. The van der Waals surface area contributed by atoms with Crippen molar-refractivity contribution in [3.8, 4) is 0 Å². The summed E-state index contributed by atoms with van der Waals surface area (Å²) in [6.45, 7) is 0.634. The lowest BCUT2D eigenvalue weighted by atomic mass is 10.0. The molecule has 0 radical (unpaired) electrons. The number of azide groups is 1. The number of carbonyl (C=O) groups excluding carboxylic acids is 4. The maximum atomic E-state index is 13.0. The van der Waals surface area contributed by atoms with Gasteiger partial charge in [-0.3, -0.25) is 14.4 Å². The van der Waals surface area contributed by atoms with Crippen molar-refractivity contribution in [3.63, 3.8) is 0 Å². The Morgan fingerprint density at radius 1 is 1.02 bits per heavy atom. The van der Waals surface area contributed by atoms with E-state index in [1.54, 1.807) is 35.6 Å².